The first kappa shape index (κ1) is 15.6. The van der Waals surface area contributed by atoms with Crippen LogP contribution in [0.3, 0.4) is 0 Å². The quantitative estimate of drug-likeness (QED) is 0.886. The van der Waals surface area contributed by atoms with Crippen molar-refractivity contribution >= 4 is 12.0 Å². The number of pyridine rings is 1. The van der Waals surface area contributed by atoms with Gasteiger partial charge in [0.05, 0.1) is 6.54 Å². The van der Waals surface area contributed by atoms with Gasteiger partial charge in [-0.1, -0.05) is 6.07 Å². The van der Waals surface area contributed by atoms with Crippen molar-refractivity contribution in [2.45, 2.75) is 37.8 Å². The van der Waals surface area contributed by atoms with Crippen molar-refractivity contribution < 1.29 is 19.1 Å². The number of hydrogen-bond donors (Lipinski definition) is 1. The average Bonchev–Trinajstić information content (AvgIpc) is 2.95. The van der Waals surface area contributed by atoms with Crippen LogP contribution in [0.5, 0.6) is 5.88 Å². The Morgan fingerprint density at radius 3 is 2.83 bits per heavy atom. The molecule has 1 aliphatic carbocycles. The Morgan fingerprint density at radius 1 is 1.35 bits per heavy atom. The summed E-state index contributed by atoms with van der Waals surface area (Å²) in [5, 5.41) is 2.99. The van der Waals surface area contributed by atoms with Crippen LogP contribution in [0.15, 0.2) is 24.4 Å². The minimum atomic E-state index is -0.410. The molecule has 0 spiro atoms. The fourth-order valence-electron chi connectivity index (χ4n) is 2.93. The smallest absolute Gasteiger partial charge is 0.410 e. The highest BCUT2D eigenvalue weighted by Gasteiger charge is 2.27. The summed E-state index contributed by atoms with van der Waals surface area (Å²) in [4.78, 5) is 28.9. The third kappa shape index (κ3) is 4.34. The van der Waals surface area contributed by atoms with E-state index in [4.69, 9.17) is 9.47 Å². The Bertz CT molecular complexity index is 544. The summed E-state index contributed by atoms with van der Waals surface area (Å²) in [6, 6.07) is 5.75. The zero-order chi connectivity index (χ0) is 16.1. The van der Waals surface area contributed by atoms with Crippen molar-refractivity contribution in [2.75, 3.05) is 19.7 Å². The lowest BCUT2D eigenvalue weighted by Crippen LogP contribution is -2.44. The molecule has 1 aromatic heterocycles. The molecule has 2 heterocycles. The van der Waals surface area contributed by atoms with Crippen LogP contribution in [0, 0.1) is 0 Å². The van der Waals surface area contributed by atoms with Crippen molar-refractivity contribution in [3.8, 4) is 5.88 Å². The maximum Gasteiger partial charge on any atom is 0.410 e. The van der Waals surface area contributed by atoms with Crippen LogP contribution in [0.2, 0.25) is 0 Å². The molecule has 7 heteroatoms. The van der Waals surface area contributed by atoms with Gasteiger partial charge in [0.2, 0.25) is 11.8 Å². The molecule has 2 fully saturated rings. The van der Waals surface area contributed by atoms with E-state index in [0.717, 1.165) is 25.7 Å². The molecule has 0 unspecified atom stereocenters. The molecule has 0 atom stereocenters. The molecule has 23 heavy (non-hydrogen) atoms. The first-order valence-electron chi connectivity index (χ1n) is 7.99. The van der Waals surface area contributed by atoms with Crippen LogP contribution in [0.25, 0.3) is 0 Å². The summed E-state index contributed by atoms with van der Waals surface area (Å²) < 4.78 is 10.6. The van der Waals surface area contributed by atoms with Crippen LogP contribution < -0.4 is 10.1 Å². The Morgan fingerprint density at radius 2 is 2.17 bits per heavy atom. The predicted molar refractivity (Wildman–Crippen MR) is 82.0 cm³/mol. The number of nitrogens with zero attached hydrogens (tertiary/aromatic N) is 2. The number of ether oxygens (including phenoxy) is 2. The second-order valence-electron chi connectivity index (χ2n) is 5.86. The number of hydrogen-bond acceptors (Lipinski definition) is 5. The van der Waals surface area contributed by atoms with Gasteiger partial charge in [-0.25, -0.2) is 9.78 Å². The van der Waals surface area contributed by atoms with Crippen molar-refractivity contribution in [3.63, 3.8) is 0 Å². The number of rotatable bonds is 5. The number of nitrogens with one attached hydrogen (secondary N) is 1. The standard InChI is InChI=1S/C16H21N3O4/c20-14(11-19-9-10-22-16(19)21)18-12-4-6-13(7-5-12)23-15-3-1-2-8-17-15/h1-3,8,12-13H,4-7,9-11H2,(H,18,20). The van der Waals surface area contributed by atoms with Gasteiger partial charge in [0.15, 0.2) is 0 Å². The monoisotopic (exact) mass is 319 g/mol. The van der Waals surface area contributed by atoms with Crippen molar-refractivity contribution in [1.29, 1.82) is 0 Å². The van der Waals surface area contributed by atoms with Crippen LogP contribution in [0.4, 0.5) is 4.79 Å². The summed E-state index contributed by atoms with van der Waals surface area (Å²) >= 11 is 0. The van der Waals surface area contributed by atoms with Gasteiger partial charge >= 0.3 is 6.09 Å². The van der Waals surface area contributed by atoms with E-state index in [2.05, 4.69) is 10.3 Å². The van der Waals surface area contributed by atoms with Gasteiger partial charge in [-0.05, 0) is 31.7 Å². The topological polar surface area (TPSA) is 80.8 Å². The van der Waals surface area contributed by atoms with Gasteiger partial charge in [0, 0.05) is 18.3 Å². The molecular weight excluding hydrogens is 298 g/mol. The fraction of sp³-hybridized carbons (Fsp3) is 0.562. The van der Waals surface area contributed by atoms with E-state index in [9.17, 15) is 9.59 Å². The van der Waals surface area contributed by atoms with Crippen molar-refractivity contribution in [2.24, 2.45) is 0 Å². The molecule has 1 N–H and O–H groups in total. The molecule has 1 saturated heterocycles. The van der Waals surface area contributed by atoms with E-state index < -0.39 is 6.09 Å². The van der Waals surface area contributed by atoms with E-state index in [1.165, 1.54) is 4.90 Å². The molecule has 1 aliphatic heterocycles. The van der Waals surface area contributed by atoms with E-state index >= 15 is 0 Å². The van der Waals surface area contributed by atoms with Gasteiger partial charge in [-0.15, -0.1) is 0 Å². The minimum Gasteiger partial charge on any atom is -0.474 e. The van der Waals surface area contributed by atoms with Crippen LogP contribution >= 0.6 is 0 Å². The molecule has 124 valence electrons. The van der Waals surface area contributed by atoms with E-state index in [-0.39, 0.29) is 24.6 Å². The zero-order valence-corrected chi connectivity index (χ0v) is 12.9. The highest BCUT2D eigenvalue weighted by molar-refractivity contribution is 5.82. The Balaban J connectivity index is 1.39. The van der Waals surface area contributed by atoms with Crippen molar-refractivity contribution in [1.82, 2.24) is 15.2 Å². The van der Waals surface area contributed by atoms with Crippen LogP contribution in [-0.2, 0) is 9.53 Å². The maximum atomic E-state index is 12.0. The number of cyclic esters (lactones) is 1. The number of carbonyl (C=O) groups is 2. The molecule has 0 radical (unpaired) electrons. The van der Waals surface area contributed by atoms with Crippen LogP contribution in [0.1, 0.15) is 25.7 Å². The predicted octanol–water partition coefficient (Wildman–Crippen LogP) is 1.34. The second kappa shape index (κ2) is 7.30. The highest BCUT2D eigenvalue weighted by Crippen LogP contribution is 2.22. The molecular formula is C16H21N3O4. The van der Waals surface area contributed by atoms with E-state index in [1.807, 2.05) is 18.2 Å². The third-order valence-electron chi connectivity index (χ3n) is 4.14. The van der Waals surface area contributed by atoms with Gasteiger partial charge in [-0.2, -0.15) is 0 Å². The average molecular weight is 319 g/mol. The van der Waals surface area contributed by atoms with E-state index in [1.54, 1.807) is 6.20 Å². The summed E-state index contributed by atoms with van der Waals surface area (Å²) in [5.74, 6) is 0.519. The normalized spacial score (nSPS) is 24.2. The first-order chi connectivity index (χ1) is 11.2. The SMILES string of the molecule is O=C(CN1CCOC1=O)NC1CCC(Oc2ccccn2)CC1. The highest BCUT2D eigenvalue weighted by atomic mass is 16.6. The third-order valence-corrected chi connectivity index (χ3v) is 4.14. The molecule has 2 amide bonds. The molecule has 1 aromatic rings. The van der Waals surface area contributed by atoms with Gasteiger partial charge < -0.3 is 14.8 Å². The number of amides is 2. The van der Waals surface area contributed by atoms with Crippen LogP contribution in [-0.4, -0.2) is 53.7 Å². The van der Waals surface area contributed by atoms with Gasteiger partial charge in [0.25, 0.3) is 0 Å². The number of aromatic nitrogens is 1. The largest absolute Gasteiger partial charge is 0.474 e. The van der Waals surface area contributed by atoms with E-state index in [0.29, 0.717) is 19.0 Å². The Kier molecular flexibility index (Phi) is 4.95. The molecule has 2 aliphatic rings. The molecule has 0 aromatic carbocycles. The summed E-state index contributed by atoms with van der Waals surface area (Å²) in [7, 11) is 0. The van der Waals surface area contributed by atoms with Gasteiger partial charge in [-0.3, -0.25) is 9.69 Å². The minimum absolute atomic E-state index is 0.0726. The molecule has 0 bridgehead atoms. The molecule has 1 saturated carbocycles. The lowest BCUT2D eigenvalue weighted by molar-refractivity contribution is -0.122. The second-order valence-corrected chi connectivity index (χ2v) is 5.86. The fourth-order valence-corrected chi connectivity index (χ4v) is 2.93. The first-order valence-corrected chi connectivity index (χ1v) is 7.99. The Hall–Kier alpha value is -2.31. The lowest BCUT2D eigenvalue weighted by Gasteiger charge is -2.29. The molecule has 3 rings (SSSR count). The summed E-state index contributed by atoms with van der Waals surface area (Å²) in [5.41, 5.74) is 0. The zero-order valence-electron chi connectivity index (χ0n) is 12.9. The maximum absolute atomic E-state index is 12.0. The Labute approximate surface area is 135 Å². The summed E-state index contributed by atoms with van der Waals surface area (Å²) in [6.07, 6.45) is 4.95. The number of carbonyl (C=O) groups excluding carboxylic acids is 2. The van der Waals surface area contributed by atoms with Gasteiger partial charge in [0.1, 0.15) is 19.3 Å². The van der Waals surface area contributed by atoms with Crippen molar-refractivity contribution in [3.05, 3.63) is 24.4 Å². The molecule has 7 nitrogen and oxygen atoms in total. The summed E-state index contributed by atoms with van der Waals surface area (Å²) in [6.45, 7) is 0.919. The lowest BCUT2D eigenvalue weighted by atomic mass is 9.93.